The van der Waals surface area contributed by atoms with Gasteiger partial charge in [-0.05, 0) is 25.0 Å². The Kier molecular flexibility index (Phi) is 4.44. The normalized spacial score (nSPS) is 14.7. The van der Waals surface area contributed by atoms with Gasteiger partial charge in [-0.1, -0.05) is 0 Å². The molecule has 24 heavy (non-hydrogen) atoms. The van der Waals surface area contributed by atoms with E-state index in [1.165, 1.54) is 0 Å². The van der Waals surface area contributed by atoms with Crippen molar-refractivity contribution >= 4 is 28.1 Å². The van der Waals surface area contributed by atoms with Crippen molar-refractivity contribution in [2.45, 2.75) is 19.3 Å². The monoisotopic (exact) mass is 348 g/mol. The Morgan fingerprint density at radius 3 is 2.67 bits per heavy atom. The zero-order valence-corrected chi connectivity index (χ0v) is 13.4. The van der Waals surface area contributed by atoms with Crippen molar-refractivity contribution in [1.29, 1.82) is 5.26 Å². The molecule has 1 aromatic carbocycles. The van der Waals surface area contributed by atoms with Gasteiger partial charge in [0.2, 0.25) is 0 Å². The van der Waals surface area contributed by atoms with Crippen LogP contribution in [-0.4, -0.2) is 17.4 Å². The second-order valence-electron chi connectivity index (χ2n) is 5.84. The van der Waals surface area contributed by atoms with E-state index in [2.05, 4.69) is 21.7 Å². The predicted octanol–water partition coefficient (Wildman–Crippen LogP) is 3.59. The average molecular weight is 348 g/mol. The number of thiazole rings is 1. The molecule has 1 aliphatic rings. The summed E-state index contributed by atoms with van der Waals surface area (Å²) in [6, 6.07) is 5.20. The van der Waals surface area contributed by atoms with E-state index < -0.39 is 11.6 Å². The number of amides is 1. The highest BCUT2D eigenvalue weighted by Crippen LogP contribution is 2.47. The van der Waals surface area contributed by atoms with Gasteiger partial charge in [0.1, 0.15) is 17.3 Å². The summed E-state index contributed by atoms with van der Waals surface area (Å²) in [5.74, 6) is -1.72. The molecule has 0 spiro atoms. The van der Waals surface area contributed by atoms with Crippen LogP contribution in [0, 0.1) is 28.4 Å². The van der Waals surface area contributed by atoms with Gasteiger partial charge in [-0.25, -0.2) is 13.8 Å². The fourth-order valence-electron chi connectivity index (χ4n) is 2.30. The van der Waals surface area contributed by atoms with Crippen molar-refractivity contribution in [2.75, 3.05) is 11.9 Å². The first-order valence-electron chi connectivity index (χ1n) is 7.33. The zero-order chi connectivity index (χ0) is 17.2. The first-order valence-corrected chi connectivity index (χ1v) is 8.21. The van der Waals surface area contributed by atoms with E-state index in [0.29, 0.717) is 18.1 Å². The molecule has 5 nitrogen and oxygen atoms in total. The second kappa shape index (κ2) is 6.53. The summed E-state index contributed by atoms with van der Waals surface area (Å²) in [4.78, 5) is 16.2. The Morgan fingerprint density at radius 1 is 1.33 bits per heavy atom. The van der Waals surface area contributed by atoms with Gasteiger partial charge in [0, 0.05) is 35.5 Å². The molecule has 2 aromatic rings. The molecule has 1 amide bonds. The molecule has 0 saturated heterocycles. The van der Waals surface area contributed by atoms with Crippen LogP contribution in [0.4, 0.5) is 19.6 Å². The number of nitriles is 1. The third-order valence-electron chi connectivity index (χ3n) is 3.89. The molecule has 0 atom stereocenters. The third kappa shape index (κ3) is 3.86. The van der Waals surface area contributed by atoms with Gasteiger partial charge >= 0.3 is 0 Å². The maximum absolute atomic E-state index is 13.2. The van der Waals surface area contributed by atoms with E-state index in [9.17, 15) is 13.6 Å². The maximum atomic E-state index is 13.2. The van der Waals surface area contributed by atoms with Crippen LogP contribution in [0.15, 0.2) is 23.6 Å². The molecule has 1 aliphatic carbocycles. The molecule has 1 heterocycles. The van der Waals surface area contributed by atoms with Gasteiger partial charge < -0.3 is 10.6 Å². The van der Waals surface area contributed by atoms with Gasteiger partial charge in [-0.2, -0.15) is 5.26 Å². The molecule has 2 N–H and O–H groups in total. The van der Waals surface area contributed by atoms with Crippen LogP contribution in [-0.2, 0) is 0 Å². The molecule has 3 rings (SSSR count). The van der Waals surface area contributed by atoms with E-state index in [4.69, 9.17) is 5.26 Å². The quantitative estimate of drug-likeness (QED) is 0.836. The van der Waals surface area contributed by atoms with Crippen LogP contribution in [0.2, 0.25) is 0 Å². The molecule has 1 fully saturated rings. The van der Waals surface area contributed by atoms with E-state index >= 15 is 0 Å². The minimum absolute atomic E-state index is 0.0827. The van der Waals surface area contributed by atoms with Crippen molar-refractivity contribution in [3.63, 3.8) is 0 Å². The summed E-state index contributed by atoms with van der Waals surface area (Å²) < 4.78 is 26.3. The van der Waals surface area contributed by atoms with Crippen LogP contribution in [0.5, 0.6) is 0 Å². The summed E-state index contributed by atoms with van der Waals surface area (Å²) >= 11 is 1.16. The van der Waals surface area contributed by atoms with Crippen molar-refractivity contribution in [3.05, 3.63) is 40.9 Å². The van der Waals surface area contributed by atoms with Gasteiger partial charge in [0.05, 0.1) is 6.07 Å². The number of carbonyl (C=O) groups is 1. The molecular weight excluding hydrogens is 334 g/mol. The number of hydrogen-bond donors (Lipinski definition) is 2. The number of aromatic nitrogens is 1. The van der Waals surface area contributed by atoms with Gasteiger partial charge in [-0.15, -0.1) is 11.3 Å². The summed E-state index contributed by atoms with van der Waals surface area (Å²) in [6.45, 7) is 0.453. The lowest BCUT2D eigenvalue weighted by Gasteiger charge is -2.11. The van der Waals surface area contributed by atoms with E-state index in [1.54, 1.807) is 5.38 Å². The van der Waals surface area contributed by atoms with Gasteiger partial charge in [0.25, 0.3) is 5.91 Å². The van der Waals surface area contributed by atoms with E-state index in [0.717, 1.165) is 42.4 Å². The van der Waals surface area contributed by atoms with Crippen LogP contribution in [0.25, 0.3) is 0 Å². The Bertz CT molecular complexity index is 790. The van der Waals surface area contributed by atoms with Gasteiger partial charge in [0.15, 0.2) is 5.13 Å². The average Bonchev–Trinajstić information content (AvgIpc) is 3.12. The Hall–Kier alpha value is -2.53. The minimum Gasteiger partial charge on any atom is -0.350 e. The Labute approximate surface area is 141 Å². The number of halogens is 2. The number of hydrogen-bond acceptors (Lipinski definition) is 5. The maximum Gasteiger partial charge on any atom is 0.270 e. The lowest BCUT2D eigenvalue weighted by Crippen LogP contribution is -2.30. The third-order valence-corrected chi connectivity index (χ3v) is 4.64. The summed E-state index contributed by atoms with van der Waals surface area (Å²) in [6.07, 6.45) is 2.31. The number of benzene rings is 1. The number of rotatable bonds is 6. The summed E-state index contributed by atoms with van der Waals surface area (Å²) in [5.41, 5.74) is 0.368. The highest BCUT2D eigenvalue weighted by atomic mass is 32.1. The molecular formula is C16H14F2N4OS. The number of nitrogens with zero attached hydrogens (tertiary/aromatic N) is 2. The van der Waals surface area contributed by atoms with Crippen LogP contribution in [0.1, 0.15) is 29.8 Å². The fourth-order valence-corrected chi connectivity index (χ4v) is 3.01. The highest BCUT2D eigenvalue weighted by molar-refractivity contribution is 7.14. The standard InChI is InChI=1S/C16H14F2N4OS/c17-10-5-11(18)7-12(6-10)21-15-22-13(8-24-15)14(23)20-9-16(1-2-16)3-4-19/h5-8H,1-3,9H2,(H,20,23)(H,21,22). The molecule has 1 saturated carbocycles. The van der Waals surface area contributed by atoms with Gasteiger partial charge in [-0.3, -0.25) is 4.79 Å². The fraction of sp³-hybridized carbons (Fsp3) is 0.312. The molecule has 0 unspecified atom stereocenters. The first-order chi connectivity index (χ1) is 11.5. The number of nitrogens with one attached hydrogen (secondary N) is 2. The lowest BCUT2D eigenvalue weighted by molar-refractivity contribution is 0.0941. The number of carbonyl (C=O) groups excluding carboxylic acids is 1. The van der Waals surface area contributed by atoms with E-state index in [-0.39, 0.29) is 22.7 Å². The SMILES string of the molecule is N#CCC1(CNC(=O)c2csc(Nc3cc(F)cc(F)c3)n2)CC1. The first kappa shape index (κ1) is 16.3. The summed E-state index contributed by atoms with van der Waals surface area (Å²) in [7, 11) is 0. The van der Waals surface area contributed by atoms with Crippen molar-refractivity contribution < 1.29 is 13.6 Å². The largest absolute Gasteiger partial charge is 0.350 e. The van der Waals surface area contributed by atoms with Crippen LogP contribution < -0.4 is 10.6 Å². The molecule has 0 radical (unpaired) electrons. The number of anilines is 2. The molecule has 124 valence electrons. The van der Waals surface area contributed by atoms with Crippen molar-refractivity contribution in [2.24, 2.45) is 5.41 Å². The van der Waals surface area contributed by atoms with Crippen LogP contribution in [0.3, 0.4) is 0 Å². The minimum atomic E-state index is -0.695. The molecule has 8 heteroatoms. The Morgan fingerprint density at radius 2 is 2.04 bits per heavy atom. The van der Waals surface area contributed by atoms with Crippen LogP contribution >= 0.6 is 11.3 Å². The molecule has 0 bridgehead atoms. The zero-order valence-electron chi connectivity index (χ0n) is 12.6. The summed E-state index contributed by atoms with van der Waals surface area (Å²) in [5, 5.41) is 16.3. The lowest BCUT2D eigenvalue weighted by atomic mass is 10.0. The van der Waals surface area contributed by atoms with Crippen molar-refractivity contribution in [3.8, 4) is 6.07 Å². The topological polar surface area (TPSA) is 77.8 Å². The Balaban J connectivity index is 1.60. The molecule has 1 aromatic heterocycles. The van der Waals surface area contributed by atoms with Crippen molar-refractivity contribution in [1.82, 2.24) is 10.3 Å². The second-order valence-corrected chi connectivity index (χ2v) is 6.70. The smallest absolute Gasteiger partial charge is 0.270 e. The van der Waals surface area contributed by atoms with E-state index in [1.807, 2.05) is 0 Å². The predicted molar refractivity (Wildman–Crippen MR) is 86.0 cm³/mol. The highest BCUT2D eigenvalue weighted by Gasteiger charge is 2.42. The molecule has 0 aliphatic heterocycles.